The van der Waals surface area contributed by atoms with Crippen LogP contribution in [-0.4, -0.2) is 42.7 Å². The van der Waals surface area contributed by atoms with Crippen LogP contribution >= 0.6 is 0 Å². The number of ether oxygens (including phenoxy) is 1. The van der Waals surface area contributed by atoms with Gasteiger partial charge in [-0.25, -0.2) is 9.78 Å². The van der Waals surface area contributed by atoms with E-state index in [0.29, 0.717) is 5.69 Å². The second-order valence-electron chi connectivity index (χ2n) is 5.62. The number of nitrogens with one attached hydrogen (secondary N) is 1. The number of carbonyl (C=O) groups excluding carboxylic acids is 1. The summed E-state index contributed by atoms with van der Waals surface area (Å²) < 4.78 is 5.33. The number of carbonyl (C=O) groups is 1. The Morgan fingerprint density at radius 3 is 2.63 bits per heavy atom. The zero-order valence-electron chi connectivity index (χ0n) is 11.8. The standard InChI is InChI=1S/C14H21N3O2/c1-14(2,3)19-13(18)11-5-4-6-12(16-11)17-9-7-15-8-10-17/h4-6,15H,7-10H2,1-3H3. The topological polar surface area (TPSA) is 54.5 Å². The summed E-state index contributed by atoms with van der Waals surface area (Å²) in [6.45, 7) is 9.26. The minimum absolute atomic E-state index is 0.367. The minimum Gasteiger partial charge on any atom is -0.455 e. The van der Waals surface area contributed by atoms with Gasteiger partial charge in [0, 0.05) is 26.2 Å². The second kappa shape index (κ2) is 5.57. The molecule has 19 heavy (non-hydrogen) atoms. The molecule has 2 rings (SSSR count). The first kappa shape index (κ1) is 13.8. The van der Waals surface area contributed by atoms with Gasteiger partial charge in [-0.1, -0.05) is 6.07 Å². The van der Waals surface area contributed by atoms with Crippen LogP contribution in [0.1, 0.15) is 31.3 Å². The molecular formula is C14H21N3O2. The van der Waals surface area contributed by atoms with Crippen molar-refractivity contribution in [3.8, 4) is 0 Å². The maximum atomic E-state index is 12.0. The highest BCUT2D eigenvalue weighted by Gasteiger charge is 2.20. The van der Waals surface area contributed by atoms with E-state index in [1.54, 1.807) is 6.07 Å². The van der Waals surface area contributed by atoms with Gasteiger partial charge in [0.1, 0.15) is 11.4 Å². The highest BCUT2D eigenvalue weighted by atomic mass is 16.6. The Morgan fingerprint density at radius 1 is 1.32 bits per heavy atom. The lowest BCUT2D eigenvalue weighted by Crippen LogP contribution is -2.44. The van der Waals surface area contributed by atoms with Crippen molar-refractivity contribution >= 4 is 11.8 Å². The number of piperazine rings is 1. The fourth-order valence-electron chi connectivity index (χ4n) is 1.94. The summed E-state index contributed by atoms with van der Waals surface area (Å²) >= 11 is 0. The Morgan fingerprint density at radius 2 is 2.00 bits per heavy atom. The van der Waals surface area contributed by atoms with E-state index in [1.165, 1.54) is 0 Å². The molecule has 1 fully saturated rings. The number of hydrogen-bond acceptors (Lipinski definition) is 5. The summed E-state index contributed by atoms with van der Waals surface area (Å²) in [6.07, 6.45) is 0. The van der Waals surface area contributed by atoms with Crippen LogP contribution in [0.3, 0.4) is 0 Å². The molecule has 1 N–H and O–H groups in total. The molecule has 0 atom stereocenters. The SMILES string of the molecule is CC(C)(C)OC(=O)c1cccc(N2CCNCC2)n1. The smallest absolute Gasteiger partial charge is 0.357 e. The Hall–Kier alpha value is -1.62. The molecule has 5 heteroatoms. The summed E-state index contributed by atoms with van der Waals surface area (Å²) in [5.41, 5.74) is -0.130. The summed E-state index contributed by atoms with van der Waals surface area (Å²) in [7, 11) is 0. The third-order valence-electron chi connectivity index (χ3n) is 2.78. The van der Waals surface area contributed by atoms with E-state index < -0.39 is 5.60 Å². The molecule has 104 valence electrons. The lowest BCUT2D eigenvalue weighted by molar-refractivity contribution is 0.00629. The monoisotopic (exact) mass is 263 g/mol. The molecule has 1 aromatic heterocycles. The first-order chi connectivity index (χ1) is 8.96. The molecule has 5 nitrogen and oxygen atoms in total. The van der Waals surface area contributed by atoms with Crippen LogP contribution < -0.4 is 10.2 Å². The van der Waals surface area contributed by atoms with Gasteiger partial charge in [0.2, 0.25) is 0 Å². The van der Waals surface area contributed by atoms with Crippen molar-refractivity contribution in [3.05, 3.63) is 23.9 Å². The highest BCUT2D eigenvalue weighted by molar-refractivity contribution is 5.88. The summed E-state index contributed by atoms with van der Waals surface area (Å²) in [6, 6.07) is 5.47. The summed E-state index contributed by atoms with van der Waals surface area (Å²) in [5.74, 6) is 0.467. The van der Waals surface area contributed by atoms with Crippen molar-refractivity contribution in [1.29, 1.82) is 0 Å². The number of hydrogen-bond donors (Lipinski definition) is 1. The van der Waals surface area contributed by atoms with Crippen LogP contribution in [0, 0.1) is 0 Å². The molecule has 0 amide bonds. The largest absolute Gasteiger partial charge is 0.455 e. The molecule has 0 saturated carbocycles. The van der Waals surface area contributed by atoms with Crippen molar-refractivity contribution in [1.82, 2.24) is 10.3 Å². The van der Waals surface area contributed by atoms with Gasteiger partial charge in [0.15, 0.2) is 5.69 Å². The molecule has 1 aliphatic heterocycles. The number of nitrogens with zero attached hydrogens (tertiary/aromatic N) is 2. The predicted octanol–water partition coefficient (Wildman–Crippen LogP) is 1.45. The fraction of sp³-hybridized carbons (Fsp3) is 0.571. The van der Waals surface area contributed by atoms with Crippen LogP contribution in [0.2, 0.25) is 0 Å². The van der Waals surface area contributed by atoms with Crippen molar-refractivity contribution < 1.29 is 9.53 Å². The molecule has 0 radical (unpaired) electrons. The molecule has 2 heterocycles. The van der Waals surface area contributed by atoms with E-state index in [1.807, 2.05) is 32.9 Å². The highest BCUT2D eigenvalue weighted by Crippen LogP contribution is 2.15. The maximum absolute atomic E-state index is 12.0. The first-order valence-corrected chi connectivity index (χ1v) is 6.62. The van der Waals surface area contributed by atoms with E-state index in [9.17, 15) is 4.79 Å². The van der Waals surface area contributed by atoms with Crippen LogP contribution in [-0.2, 0) is 4.74 Å². The number of anilines is 1. The van der Waals surface area contributed by atoms with E-state index in [-0.39, 0.29) is 5.97 Å². The Balaban J connectivity index is 2.12. The van der Waals surface area contributed by atoms with Gasteiger partial charge in [0.05, 0.1) is 0 Å². The molecule has 0 aromatic carbocycles. The zero-order valence-corrected chi connectivity index (χ0v) is 11.8. The van der Waals surface area contributed by atoms with Gasteiger partial charge in [0.25, 0.3) is 0 Å². The van der Waals surface area contributed by atoms with Gasteiger partial charge in [-0.05, 0) is 32.9 Å². The number of rotatable bonds is 2. The Labute approximate surface area is 114 Å². The van der Waals surface area contributed by atoms with E-state index >= 15 is 0 Å². The molecule has 1 saturated heterocycles. The van der Waals surface area contributed by atoms with E-state index in [0.717, 1.165) is 32.0 Å². The molecular weight excluding hydrogens is 242 g/mol. The average molecular weight is 263 g/mol. The predicted molar refractivity (Wildman–Crippen MR) is 74.5 cm³/mol. The summed E-state index contributed by atoms with van der Waals surface area (Å²) in [5, 5.41) is 3.29. The first-order valence-electron chi connectivity index (χ1n) is 6.62. The molecule has 1 aliphatic rings. The Bertz CT molecular complexity index is 448. The van der Waals surface area contributed by atoms with Crippen LogP contribution in [0.15, 0.2) is 18.2 Å². The van der Waals surface area contributed by atoms with E-state index in [2.05, 4.69) is 15.2 Å². The van der Waals surface area contributed by atoms with Gasteiger partial charge in [-0.2, -0.15) is 0 Å². The normalized spacial score (nSPS) is 16.3. The van der Waals surface area contributed by atoms with Crippen molar-refractivity contribution in [2.24, 2.45) is 0 Å². The van der Waals surface area contributed by atoms with Gasteiger partial charge < -0.3 is 15.0 Å². The molecule has 1 aromatic rings. The van der Waals surface area contributed by atoms with Crippen molar-refractivity contribution in [3.63, 3.8) is 0 Å². The second-order valence-corrected chi connectivity index (χ2v) is 5.62. The average Bonchev–Trinajstić information content (AvgIpc) is 2.38. The molecule has 0 aliphatic carbocycles. The maximum Gasteiger partial charge on any atom is 0.357 e. The fourth-order valence-corrected chi connectivity index (χ4v) is 1.94. The lowest BCUT2D eigenvalue weighted by atomic mass is 10.2. The van der Waals surface area contributed by atoms with Crippen LogP contribution in [0.25, 0.3) is 0 Å². The van der Waals surface area contributed by atoms with Gasteiger partial charge in [-0.3, -0.25) is 0 Å². The lowest BCUT2D eigenvalue weighted by Gasteiger charge is -2.28. The molecule has 0 unspecified atom stereocenters. The third-order valence-corrected chi connectivity index (χ3v) is 2.78. The van der Waals surface area contributed by atoms with Crippen LogP contribution in [0.4, 0.5) is 5.82 Å². The van der Waals surface area contributed by atoms with Crippen molar-refractivity contribution in [2.75, 3.05) is 31.1 Å². The quantitative estimate of drug-likeness (QED) is 0.818. The number of aromatic nitrogens is 1. The summed E-state index contributed by atoms with van der Waals surface area (Å²) in [4.78, 5) is 18.6. The van der Waals surface area contributed by atoms with Crippen LogP contribution in [0.5, 0.6) is 0 Å². The Kier molecular flexibility index (Phi) is 4.04. The molecule has 0 spiro atoms. The van der Waals surface area contributed by atoms with Crippen molar-refractivity contribution in [2.45, 2.75) is 26.4 Å². The minimum atomic E-state index is -0.496. The van der Waals surface area contributed by atoms with Gasteiger partial charge >= 0.3 is 5.97 Å². The number of esters is 1. The third kappa shape index (κ3) is 3.92. The van der Waals surface area contributed by atoms with Gasteiger partial charge in [-0.15, -0.1) is 0 Å². The number of pyridine rings is 1. The molecule has 0 bridgehead atoms. The zero-order chi connectivity index (χ0) is 13.9. The van der Waals surface area contributed by atoms with E-state index in [4.69, 9.17) is 4.74 Å².